The van der Waals surface area contributed by atoms with Crippen molar-refractivity contribution in [2.45, 2.75) is 129 Å². The lowest BCUT2D eigenvalue weighted by molar-refractivity contribution is -0.198. The summed E-state index contributed by atoms with van der Waals surface area (Å²) in [6.45, 7) is 16.0. The van der Waals surface area contributed by atoms with E-state index >= 15 is 4.79 Å². The van der Waals surface area contributed by atoms with Crippen LogP contribution in [0.5, 0.6) is 5.75 Å². The number of hydrogen-bond acceptors (Lipinski definition) is 11. The molecule has 5 aliphatic heterocycles. The molecule has 7 atom stereocenters. The fourth-order valence-corrected chi connectivity index (χ4v) is 11.5. The second kappa shape index (κ2) is 20.2. The molecule has 4 amide bonds. The monoisotopic (exact) mass is 904 g/mol. The van der Waals surface area contributed by atoms with Crippen LogP contribution in [0.15, 0.2) is 60.7 Å². The molecule has 3 aromatic rings. The van der Waals surface area contributed by atoms with Crippen LogP contribution in [0.1, 0.15) is 122 Å². The van der Waals surface area contributed by atoms with Crippen molar-refractivity contribution in [3.63, 3.8) is 0 Å². The van der Waals surface area contributed by atoms with Crippen LogP contribution >= 0.6 is 0 Å². The largest absolute Gasteiger partial charge is 0.489 e. The van der Waals surface area contributed by atoms with Gasteiger partial charge in [-0.05, 0) is 80.9 Å². The third-order valence-corrected chi connectivity index (χ3v) is 14.5. The molecular formula is C51H68BN6O8. The number of fused-ring (bicyclic) bond motifs is 9. The van der Waals surface area contributed by atoms with E-state index in [0.717, 1.165) is 80.8 Å². The van der Waals surface area contributed by atoms with E-state index in [2.05, 4.69) is 59.1 Å². The van der Waals surface area contributed by atoms with Crippen molar-refractivity contribution in [2.75, 3.05) is 59.9 Å². The van der Waals surface area contributed by atoms with Crippen LogP contribution in [0.3, 0.4) is 0 Å². The third-order valence-electron chi connectivity index (χ3n) is 14.5. The van der Waals surface area contributed by atoms with Crippen LogP contribution in [-0.2, 0) is 34.3 Å². The van der Waals surface area contributed by atoms with E-state index in [4.69, 9.17) is 14.3 Å². The Balaban J connectivity index is 0.00000183. The van der Waals surface area contributed by atoms with Crippen LogP contribution in [0.25, 0.3) is 0 Å². The summed E-state index contributed by atoms with van der Waals surface area (Å²) in [5.41, 5.74) is 5.00. The molecule has 66 heavy (non-hydrogen) atoms. The van der Waals surface area contributed by atoms with Crippen LogP contribution in [0, 0.1) is 11.8 Å². The number of hydroxylamine groups is 2. The Hall–Kier alpha value is -5.41. The van der Waals surface area contributed by atoms with Crippen molar-refractivity contribution < 1.29 is 39.7 Å². The van der Waals surface area contributed by atoms with E-state index in [9.17, 15) is 19.2 Å². The fourth-order valence-electron chi connectivity index (χ4n) is 11.5. The molecular weight excluding hydrogens is 835 g/mol. The van der Waals surface area contributed by atoms with Gasteiger partial charge in [-0.3, -0.25) is 24.1 Å². The number of amides is 4. The molecule has 353 valence electrons. The Kier molecular flexibility index (Phi) is 14.9. The highest BCUT2D eigenvalue weighted by Crippen LogP contribution is 2.62. The van der Waals surface area contributed by atoms with Crippen LogP contribution < -0.4 is 24.8 Å². The number of anilines is 4. The highest BCUT2D eigenvalue weighted by Gasteiger charge is 2.63. The third kappa shape index (κ3) is 8.46. The molecule has 2 saturated heterocycles. The summed E-state index contributed by atoms with van der Waals surface area (Å²) in [6, 6.07) is 20.9. The SMILES string of the molecule is CC.CCC(OCC(C)CC(=O)ON1C(=O)CCC1=O)C(=O)Nc1ccccc1N1C(=O)c2ccccc2C12c1cc3c(cc1OC1CC(N(CC)CC)CCC12)N1CCCC1CN3C.[B].[HH]. The summed E-state index contributed by atoms with van der Waals surface area (Å²) < 4.78 is 13.4. The molecule has 7 unspecified atom stereocenters. The van der Waals surface area contributed by atoms with Crippen LogP contribution in [0.2, 0.25) is 0 Å². The maximum Gasteiger partial charge on any atom is 0.333 e. The maximum atomic E-state index is 15.4. The number of carbonyl (C=O) groups excluding carboxylic acids is 5. The number of ether oxygens (including phenoxy) is 2. The van der Waals surface area contributed by atoms with Crippen LogP contribution in [0.4, 0.5) is 22.7 Å². The summed E-state index contributed by atoms with van der Waals surface area (Å²) >= 11 is 0. The van der Waals surface area contributed by atoms with Gasteiger partial charge in [0, 0.05) is 84.4 Å². The first kappa shape index (κ1) is 48.5. The van der Waals surface area contributed by atoms with E-state index in [1.54, 1.807) is 6.92 Å². The van der Waals surface area contributed by atoms with Gasteiger partial charge in [-0.1, -0.05) is 71.9 Å². The van der Waals surface area contributed by atoms with Crippen LogP contribution in [-0.4, -0.2) is 112 Å². The topological polar surface area (TPSA) is 141 Å². The minimum Gasteiger partial charge on any atom is -0.489 e. The van der Waals surface area contributed by atoms with Gasteiger partial charge in [0.2, 0.25) is 0 Å². The second-order valence-corrected chi connectivity index (χ2v) is 18.2. The molecule has 3 aromatic carbocycles. The highest BCUT2D eigenvalue weighted by molar-refractivity contribution is 6.15. The number of likely N-dealkylation sites (N-methyl/N-ethyl adjacent to an activating group) is 1. The molecule has 1 N–H and O–H groups in total. The summed E-state index contributed by atoms with van der Waals surface area (Å²) in [6.07, 6.45) is 4.14. The van der Waals surface area contributed by atoms with E-state index in [-0.39, 0.29) is 65.5 Å². The smallest absolute Gasteiger partial charge is 0.333 e. The van der Waals surface area contributed by atoms with Crippen molar-refractivity contribution >= 4 is 60.8 Å². The number of benzene rings is 3. The van der Waals surface area contributed by atoms with Gasteiger partial charge in [-0.25, -0.2) is 4.79 Å². The van der Waals surface area contributed by atoms with Crippen molar-refractivity contribution in [3.05, 3.63) is 77.4 Å². The normalized spacial score (nSPS) is 24.6. The number of hydrogen-bond donors (Lipinski definition) is 1. The second-order valence-electron chi connectivity index (χ2n) is 18.2. The zero-order valence-electron chi connectivity index (χ0n) is 39.7. The van der Waals surface area contributed by atoms with Crippen molar-refractivity contribution in [2.24, 2.45) is 11.8 Å². The van der Waals surface area contributed by atoms with Gasteiger partial charge in [-0.2, -0.15) is 0 Å². The van der Waals surface area contributed by atoms with Gasteiger partial charge in [0.05, 0.1) is 35.8 Å². The summed E-state index contributed by atoms with van der Waals surface area (Å²) in [5.74, 6) is -1.98. The van der Waals surface area contributed by atoms with Crippen molar-refractivity contribution in [3.8, 4) is 5.75 Å². The van der Waals surface area contributed by atoms with E-state index in [0.29, 0.717) is 40.5 Å². The lowest BCUT2D eigenvalue weighted by Gasteiger charge is -2.55. The molecule has 0 aromatic heterocycles. The minimum atomic E-state index is -0.951. The number of para-hydroxylation sites is 2. The molecule has 15 heteroatoms. The Bertz CT molecular complexity index is 2300. The van der Waals surface area contributed by atoms with Gasteiger partial charge in [0.1, 0.15) is 23.5 Å². The van der Waals surface area contributed by atoms with Gasteiger partial charge in [0.15, 0.2) is 0 Å². The van der Waals surface area contributed by atoms with Gasteiger partial charge in [0.25, 0.3) is 23.6 Å². The van der Waals surface area contributed by atoms with E-state index in [1.807, 2.05) is 68.1 Å². The summed E-state index contributed by atoms with van der Waals surface area (Å²) in [5, 5.41) is 3.70. The lowest BCUT2D eigenvalue weighted by Crippen LogP contribution is -2.60. The molecule has 3 radical (unpaired) electrons. The predicted octanol–water partition coefficient (Wildman–Crippen LogP) is 7.54. The molecule has 1 saturated carbocycles. The maximum absolute atomic E-state index is 15.4. The van der Waals surface area contributed by atoms with Crippen molar-refractivity contribution in [1.29, 1.82) is 0 Å². The lowest BCUT2D eigenvalue weighted by atomic mass is 9.63. The van der Waals surface area contributed by atoms with Crippen molar-refractivity contribution in [1.82, 2.24) is 9.96 Å². The average Bonchev–Trinajstić information content (AvgIpc) is 3.99. The molecule has 3 fully saturated rings. The quantitative estimate of drug-likeness (QED) is 0.134. The molecule has 9 rings (SSSR count). The Morgan fingerprint density at radius 3 is 2.36 bits per heavy atom. The minimum absolute atomic E-state index is 0. The first-order valence-corrected chi connectivity index (χ1v) is 24.1. The molecule has 6 aliphatic rings. The molecule has 0 bridgehead atoms. The Morgan fingerprint density at radius 1 is 0.924 bits per heavy atom. The standard InChI is InChI=1S/C49H60N6O8.C2H6.B.H2/c1-6-41(61-29-30(4)24-46(58)63-55-44(56)21-22-45(55)57)47(59)50-37-17-11-12-18-38(37)54-48(60)33-15-9-10-16-34(33)49(54)35-20-19-31(52(7-2)8-3)25-42(35)62-43-27-40-39(26-36(43)49)51(5)28-32-14-13-23-53(32)40;1-2;;/h9-12,15-18,26-27,30-32,35,41-42H,6-8,13-14,19-25,28-29H2,1-5H3,(H,50,59);1-2H3;;1H. The van der Waals surface area contributed by atoms with E-state index in [1.165, 1.54) is 5.69 Å². The zero-order valence-corrected chi connectivity index (χ0v) is 39.7. The van der Waals surface area contributed by atoms with Gasteiger partial charge < -0.3 is 34.3 Å². The van der Waals surface area contributed by atoms with Gasteiger partial charge in [-0.15, -0.1) is 5.06 Å². The number of rotatable bonds is 13. The first-order valence-electron chi connectivity index (χ1n) is 24.1. The summed E-state index contributed by atoms with van der Waals surface area (Å²) in [7, 11) is 2.17. The number of imide groups is 1. The number of nitrogens with zero attached hydrogens (tertiary/aromatic N) is 5. The predicted molar refractivity (Wildman–Crippen MR) is 258 cm³/mol. The number of nitrogens with one attached hydrogen (secondary N) is 1. The number of carbonyl (C=O) groups is 5. The molecule has 5 heterocycles. The Labute approximate surface area is 393 Å². The first-order chi connectivity index (χ1) is 31.5. The summed E-state index contributed by atoms with van der Waals surface area (Å²) in [4.78, 5) is 80.6. The zero-order chi connectivity index (χ0) is 46.2. The fraction of sp³-hybridized carbons (Fsp3) is 0.549. The Morgan fingerprint density at radius 2 is 1.64 bits per heavy atom. The van der Waals surface area contributed by atoms with E-state index < -0.39 is 29.4 Å². The molecule has 14 nitrogen and oxygen atoms in total. The molecule has 1 aliphatic carbocycles. The molecule has 1 spiro atoms. The highest BCUT2D eigenvalue weighted by atomic mass is 16.7. The van der Waals surface area contributed by atoms with Gasteiger partial charge >= 0.3 is 5.97 Å². The average molecular weight is 904 g/mol.